The van der Waals surface area contributed by atoms with Crippen LogP contribution in [0.4, 0.5) is 11.5 Å². The number of aromatic nitrogens is 4. The number of carbonyl (C=O) groups excluding carboxylic acids is 1. The highest BCUT2D eigenvalue weighted by atomic mass is 16.1. The van der Waals surface area contributed by atoms with Gasteiger partial charge in [-0.2, -0.15) is 0 Å². The molecule has 7 nitrogen and oxygen atoms in total. The number of aryl methyl sites for hydroxylation is 4. The lowest BCUT2D eigenvalue weighted by Gasteiger charge is -2.33. The van der Waals surface area contributed by atoms with Gasteiger partial charge >= 0.3 is 0 Å². The van der Waals surface area contributed by atoms with E-state index in [1.807, 2.05) is 19.1 Å². The average molecular weight is 419 g/mol. The number of anilines is 2. The summed E-state index contributed by atoms with van der Waals surface area (Å²) in [6.07, 6.45) is 8.09. The van der Waals surface area contributed by atoms with E-state index in [9.17, 15) is 4.79 Å². The Morgan fingerprint density at radius 1 is 1.10 bits per heavy atom. The molecule has 1 atom stereocenters. The van der Waals surface area contributed by atoms with Crippen LogP contribution < -0.4 is 10.2 Å². The lowest BCUT2D eigenvalue weighted by Crippen LogP contribution is -2.41. The zero-order valence-electron chi connectivity index (χ0n) is 18.4. The van der Waals surface area contributed by atoms with E-state index in [-0.39, 0.29) is 11.8 Å². The number of piperidine rings is 1. The van der Waals surface area contributed by atoms with E-state index in [0.717, 1.165) is 66.4 Å². The summed E-state index contributed by atoms with van der Waals surface area (Å²) < 4.78 is 2.27. The van der Waals surface area contributed by atoms with Gasteiger partial charge in [0.2, 0.25) is 5.91 Å². The van der Waals surface area contributed by atoms with Gasteiger partial charge in [0.15, 0.2) is 17.0 Å². The Labute approximate surface area is 182 Å². The molecule has 7 heteroatoms. The topological polar surface area (TPSA) is 75.9 Å². The molecular formula is C24H30N6O. The van der Waals surface area contributed by atoms with E-state index in [4.69, 9.17) is 4.98 Å². The Kier molecular flexibility index (Phi) is 5.34. The van der Waals surface area contributed by atoms with Crippen molar-refractivity contribution in [3.05, 3.63) is 41.5 Å². The van der Waals surface area contributed by atoms with Gasteiger partial charge in [-0.25, -0.2) is 15.0 Å². The van der Waals surface area contributed by atoms with Crippen molar-refractivity contribution < 1.29 is 4.79 Å². The number of hydrogen-bond acceptors (Lipinski definition) is 5. The lowest BCUT2D eigenvalue weighted by molar-refractivity contribution is -0.120. The molecular weight excluding hydrogens is 388 g/mol. The number of benzene rings is 1. The molecule has 31 heavy (non-hydrogen) atoms. The minimum atomic E-state index is -0.0695. The van der Waals surface area contributed by atoms with Crippen LogP contribution in [0, 0.1) is 19.8 Å². The number of fused-ring (bicyclic) bond motifs is 3. The normalized spacial score (nSPS) is 19.2. The highest BCUT2D eigenvalue weighted by molar-refractivity contribution is 5.94. The minimum Gasteiger partial charge on any atom is -0.354 e. The molecule has 1 fully saturated rings. The summed E-state index contributed by atoms with van der Waals surface area (Å²) in [5.74, 6) is 2.01. The van der Waals surface area contributed by atoms with Crippen molar-refractivity contribution >= 4 is 28.6 Å². The van der Waals surface area contributed by atoms with E-state index in [1.54, 1.807) is 6.33 Å². The van der Waals surface area contributed by atoms with Gasteiger partial charge in [-0.3, -0.25) is 4.79 Å². The summed E-state index contributed by atoms with van der Waals surface area (Å²) >= 11 is 0. The van der Waals surface area contributed by atoms with Crippen LogP contribution in [0.3, 0.4) is 0 Å². The van der Waals surface area contributed by atoms with Crippen LogP contribution >= 0.6 is 0 Å². The quantitative estimate of drug-likeness (QED) is 0.695. The second-order valence-electron chi connectivity index (χ2n) is 8.95. The van der Waals surface area contributed by atoms with Gasteiger partial charge in [0.25, 0.3) is 0 Å². The molecule has 5 rings (SSSR count). The third kappa shape index (κ3) is 3.89. The monoisotopic (exact) mass is 418 g/mol. The predicted octanol–water partition coefficient (Wildman–Crippen LogP) is 4.02. The van der Waals surface area contributed by atoms with E-state index in [1.165, 1.54) is 24.8 Å². The van der Waals surface area contributed by atoms with Gasteiger partial charge in [-0.15, -0.1) is 0 Å². The number of hydrogen-bond donors (Lipinski definition) is 1. The van der Waals surface area contributed by atoms with Crippen molar-refractivity contribution in [2.45, 2.75) is 58.9 Å². The first kappa shape index (κ1) is 20.0. The molecule has 4 heterocycles. The molecule has 1 amide bonds. The Balaban J connectivity index is 1.38. The van der Waals surface area contributed by atoms with Crippen LogP contribution in [0.25, 0.3) is 11.2 Å². The largest absolute Gasteiger partial charge is 0.354 e. The van der Waals surface area contributed by atoms with Crippen molar-refractivity contribution in [1.29, 1.82) is 0 Å². The fourth-order valence-electron chi connectivity index (χ4n) is 4.93. The van der Waals surface area contributed by atoms with Crippen molar-refractivity contribution in [1.82, 2.24) is 19.5 Å². The molecule has 1 saturated heterocycles. The molecule has 3 aromatic rings. The number of amides is 1. The first-order valence-electron chi connectivity index (χ1n) is 11.4. The number of imidazole rings is 1. The van der Waals surface area contributed by atoms with E-state index >= 15 is 0 Å². The molecule has 2 aliphatic rings. The van der Waals surface area contributed by atoms with Gasteiger partial charge in [-0.05, 0) is 51.2 Å². The summed E-state index contributed by atoms with van der Waals surface area (Å²) in [4.78, 5) is 29.4. The van der Waals surface area contributed by atoms with Gasteiger partial charge in [0.05, 0.1) is 5.92 Å². The highest BCUT2D eigenvalue weighted by Gasteiger charge is 2.29. The SMILES string of the molecule is Cc1ccc(NC(=O)[C@H]2CCCN(c3ncnc4c3nc3n4CCCCC3)C2)c(C)c1. The van der Waals surface area contributed by atoms with Crippen molar-refractivity contribution in [3.63, 3.8) is 0 Å². The average Bonchev–Trinajstić information content (AvgIpc) is 2.96. The summed E-state index contributed by atoms with van der Waals surface area (Å²) in [5.41, 5.74) is 5.01. The molecule has 0 aliphatic carbocycles. The standard InChI is InChI=1S/C24H30N6O/c1-16-9-10-19(17(2)13-16)27-24(31)18-7-6-11-29(14-18)22-21-23(26-15-25-22)30-12-5-3-4-8-20(30)28-21/h9-10,13,15,18H,3-8,11-12,14H2,1-2H3,(H,27,31)/t18-/m0/s1. The predicted molar refractivity (Wildman–Crippen MR) is 122 cm³/mol. The third-order valence-electron chi connectivity index (χ3n) is 6.61. The molecule has 0 bridgehead atoms. The molecule has 1 N–H and O–H groups in total. The summed E-state index contributed by atoms with van der Waals surface area (Å²) in [6.45, 7) is 6.63. The zero-order chi connectivity index (χ0) is 21.4. The molecule has 2 aliphatic heterocycles. The summed E-state index contributed by atoms with van der Waals surface area (Å²) in [7, 11) is 0. The van der Waals surface area contributed by atoms with Crippen LogP contribution in [-0.2, 0) is 17.8 Å². The lowest BCUT2D eigenvalue weighted by atomic mass is 9.96. The molecule has 1 aromatic carbocycles. The molecule has 162 valence electrons. The van der Waals surface area contributed by atoms with Crippen molar-refractivity contribution in [2.24, 2.45) is 5.92 Å². The van der Waals surface area contributed by atoms with Gasteiger partial charge < -0.3 is 14.8 Å². The number of nitrogens with zero attached hydrogens (tertiary/aromatic N) is 5. The number of nitrogens with one attached hydrogen (secondary N) is 1. The van der Waals surface area contributed by atoms with Crippen molar-refractivity contribution in [3.8, 4) is 0 Å². The Morgan fingerprint density at radius 3 is 2.87 bits per heavy atom. The fourth-order valence-corrected chi connectivity index (χ4v) is 4.93. The van der Waals surface area contributed by atoms with Gasteiger partial charge in [0, 0.05) is 31.7 Å². The maximum atomic E-state index is 13.1. The van der Waals surface area contributed by atoms with Crippen LogP contribution in [0.2, 0.25) is 0 Å². The Morgan fingerprint density at radius 2 is 2.00 bits per heavy atom. The van der Waals surface area contributed by atoms with Crippen LogP contribution in [0.1, 0.15) is 49.1 Å². The minimum absolute atomic E-state index is 0.0695. The first-order valence-corrected chi connectivity index (χ1v) is 11.4. The van der Waals surface area contributed by atoms with Crippen LogP contribution in [0.5, 0.6) is 0 Å². The molecule has 2 aromatic heterocycles. The first-order chi connectivity index (χ1) is 15.1. The molecule has 0 radical (unpaired) electrons. The summed E-state index contributed by atoms with van der Waals surface area (Å²) in [6, 6.07) is 6.13. The van der Waals surface area contributed by atoms with Crippen molar-refractivity contribution in [2.75, 3.05) is 23.3 Å². The van der Waals surface area contributed by atoms with E-state index < -0.39 is 0 Å². The smallest absolute Gasteiger partial charge is 0.229 e. The second-order valence-corrected chi connectivity index (χ2v) is 8.95. The van der Waals surface area contributed by atoms with Gasteiger partial charge in [0.1, 0.15) is 12.2 Å². The van der Waals surface area contributed by atoms with Crippen LogP contribution in [0.15, 0.2) is 24.5 Å². The Bertz CT molecular complexity index is 1120. The van der Waals surface area contributed by atoms with Gasteiger partial charge in [-0.1, -0.05) is 24.1 Å². The maximum Gasteiger partial charge on any atom is 0.229 e. The zero-order valence-corrected chi connectivity index (χ0v) is 18.4. The Hall–Kier alpha value is -2.96. The summed E-state index contributed by atoms with van der Waals surface area (Å²) in [5, 5.41) is 3.14. The van der Waals surface area contributed by atoms with E-state index in [0.29, 0.717) is 6.54 Å². The molecule has 0 saturated carbocycles. The third-order valence-corrected chi connectivity index (χ3v) is 6.61. The van der Waals surface area contributed by atoms with E-state index in [2.05, 4.69) is 37.7 Å². The fraction of sp³-hybridized carbons (Fsp3) is 0.500. The molecule has 0 spiro atoms. The van der Waals surface area contributed by atoms with Crippen LogP contribution in [-0.4, -0.2) is 38.5 Å². The number of carbonyl (C=O) groups is 1. The molecule has 0 unspecified atom stereocenters. The highest BCUT2D eigenvalue weighted by Crippen LogP contribution is 2.30. The second kappa shape index (κ2) is 8.29. The number of rotatable bonds is 3. The maximum absolute atomic E-state index is 13.1.